The van der Waals surface area contributed by atoms with Gasteiger partial charge in [-0.25, -0.2) is 4.98 Å². The summed E-state index contributed by atoms with van der Waals surface area (Å²) in [5.74, 6) is -0.361. The molecule has 3 aromatic rings. The van der Waals surface area contributed by atoms with E-state index in [1.165, 1.54) is 0 Å². The number of hydrogen-bond donors (Lipinski definition) is 3. The third-order valence-corrected chi connectivity index (χ3v) is 7.69. The van der Waals surface area contributed by atoms with Gasteiger partial charge >= 0.3 is 0 Å². The second-order valence-corrected chi connectivity index (χ2v) is 10.4. The summed E-state index contributed by atoms with van der Waals surface area (Å²) in [5, 5.41) is 23.3. The molecule has 4 rings (SSSR count). The highest BCUT2D eigenvalue weighted by Crippen LogP contribution is 2.35. The maximum Gasteiger partial charge on any atom is 0.254 e. The van der Waals surface area contributed by atoms with Crippen LogP contribution < -0.4 is 5.32 Å². The highest BCUT2D eigenvalue weighted by Gasteiger charge is 2.33. The molecule has 0 radical (unpaired) electrons. The summed E-state index contributed by atoms with van der Waals surface area (Å²) in [5.41, 5.74) is 2.87. The molecule has 192 valence electrons. The van der Waals surface area contributed by atoms with E-state index in [1.807, 2.05) is 79.6 Å². The van der Waals surface area contributed by atoms with Gasteiger partial charge in [-0.15, -0.1) is 11.3 Å². The molecule has 0 bridgehead atoms. The highest BCUT2D eigenvalue weighted by atomic mass is 32.1. The van der Waals surface area contributed by atoms with E-state index in [4.69, 9.17) is 15.6 Å². The normalized spacial score (nSPS) is 17.1. The van der Waals surface area contributed by atoms with Crippen molar-refractivity contribution in [2.45, 2.75) is 45.2 Å². The SMILES string of the molecule is CN[C@](C)(/C=C/c1ccccc1)C(=N)OC(=N)c1cc(C)cc(C(=O)N2CCC[C@@H]2c2nc(C)cs2)c1. The number of hydrogen-bond acceptors (Lipinski definition) is 7. The molecule has 0 spiro atoms. The number of benzene rings is 2. The van der Waals surface area contributed by atoms with Crippen molar-refractivity contribution in [3.63, 3.8) is 0 Å². The van der Waals surface area contributed by atoms with Gasteiger partial charge in [0.2, 0.25) is 11.8 Å². The Hall–Kier alpha value is -3.62. The fraction of sp³-hybridized carbons (Fsp3) is 0.310. The molecule has 8 heteroatoms. The first-order valence-electron chi connectivity index (χ1n) is 12.3. The highest BCUT2D eigenvalue weighted by molar-refractivity contribution is 7.09. The van der Waals surface area contributed by atoms with Gasteiger partial charge in [0, 0.05) is 28.7 Å². The van der Waals surface area contributed by atoms with Gasteiger partial charge in [-0.2, -0.15) is 0 Å². The number of thiazole rings is 1. The van der Waals surface area contributed by atoms with Crippen molar-refractivity contribution in [1.29, 1.82) is 10.8 Å². The zero-order valence-electron chi connectivity index (χ0n) is 21.7. The fourth-order valence-electron chi connectivity index (χ4n) is 4.36. The van der Waals surface area contributed by atoms with Crippen molar-refractivity contribution >= 4 is 35.1 Å². The first-order chi connectivity index (χ1) is 17.7. The van der Waals surface area contributed by atoms with Crippen molar-refractivity contribution in [2.24, 2.45) is 0 Å². The summed E-state index contributed by atoms with van der Waals surface area (Å²) < 4.78 is 5.71. The number of nitrogens with one attached hydrogen (secondary N) is 3. The second-order valence-electron chi connectivity index (χ2n) is 9.53. The Morgan fingerprint density at radius 3 is 2.59 bits per heavy atom. The minimum atomic E-state index is -0.917. The lowest BCUT2D eigenvalue weighted by molar-refractivity contribution is 0.0735. The summed E-state index contributed by atoms with van der Waals surface area (Å²) in [4.78, 5) is 20.0. The van der Waals surface area contributed by atoms with Crippen molar-refractivity contribution in [2.75, 3.05) is 13.6 Å². The number of ether oxygens (including phenoxy) is 1. The summed E-state index contributed by atoms with van der Waals surface area (Å²) in [6, 6.07) is 15.1. The predicted octanol–water partition coefficient (Wildman–Crippen LogP) is 5.75. The first kappa shape index (κ1) is 26.4. The van der Waals surface area contributed by atoms with Crippen LogP contribution in [0.15, 0.2) is 60.0 Å². The molecule has 2 atom stereocenters. The molecule has 7 nitrogen and oxygen atoms in total. The molecule has 2 heterocycles. The van der Waals surface area contributed by atoms with Crippen LogP contribution in [-0.2, 0) is 4.74 Å². The van der Waals surface area contributed by atoms with E-state index in [0.29, 0.717) is 17.7 Å². The number of carbonyl (C=O) groups is 1. The molecule has 1 fully saturated rings. The molecule has 2 aromatic carbocycles. The minimum absolute atomic E-state index is 0.0215. The van der Waals surface area contributed by atoms with E-state index in [1.54, 1.807) is 30.5 Å². The lowest BCUT2D eigenvalue weighted by atomic mass is 10.00. The van der Waals surface area contributed by atoms with Gasteiger partial charge in [-0.1, -0.05) is 42.5 Å². The number of aromatic nitrogens is 1. The van der Waals surface area contributed by atoms with Crippen LogP contribution in [0.5, 0.6) is 0 Å². The van der Waals surface area contributed by atoms with Crippen LogP contribution >= 0.6 is 11.3 Å². The van der Waals surface area contributed by atoms with Crippen molar-refractivity contribution in [3.8, 4) is 0 Å². The number of likely N-dealkylation sites (N-methyl/N-ethyl adjacent to an activating group) is 1. The largest absolute Gasteiger partial charge is 0.423 e. The number of rotatable bonds is 7. The van der Waals surface area contributed by atoms with Gasteiger partial charge < -0.3 is 15.0 Å². The van der Waals surface area contributed by atoms with Crippen LogP contribution in [0.2, 0.25) is 0 Å². The van der Waals surface area contributed by atoms with Gasteiger partial charge in [0.1, 0.15) is 10.5 Å². The van der Waals surface area contributed by atoms with E-state index in [-0.39, 0.29) is 23.7 Å². The zero-order valence-corrected chi connectivity index (χ0v) is 22.5. The Balaban J connectivity index is 1.51. The number of amides is 1. The molecule has 3 N–H and O–H groups in total. The van der Waals surface area contributed by atoms with Gasteiger partial charge in [-0.05, 0) is 70.0 Å². The average Bonchev–Trinajstić information content (AvgIpc) is 3.56. The molecule has 37 heavy (non-hydrogen) atoms. The Labute approximate surface area is 222 Å². The summed E-state index contributed by atoms with van der Waals surface area (Å²) in [7, 11) is 1.75. The van der Waals surface area contributed by atoms with Crippen molar-refractivity contribution in [3.05, 3.63) is 92.9 Å². The first-order valence-corrected chi connectivity index (χ1v) is 13.2. The van der Waals surface area contributed by atoms with Crippen LogP contribution in [0.4, 0.5) is 0 Å². The van der Waals surface area contributed by atoms with Gasteiger partial charge in [0.05, 0.1) is 6.04 Å². The Morgan fingerprint density at radius 1 is 1.19 bits per heavy atom. The summed E-state index contributed by atoms with van der Waals surface area (Å²) >= 11 is 1.59. The molecule has 0 aliphatic carbocycles. The molecular formula is C29H33N5O2S. The van der Waals surface area contributed by atoms with Crippen LogP contribution in [0.1, 0.15) is 63.6 Å². The summed E-state index contributed by atoms with van der Waals surface area (Å²) in [6.45, 7) is 6.36. The molecule has 1 amide bonds. The van der Waals surface area contributed by atoms with Crippen LogP contribution in [0, 0.1) is 24.7 Å². The Bertz CT molecular complexity index is 1330. The number of likely N-dealkylation sites (tertiary alicyclic amines) is 1. The topological polar surface area (TPSA) is 102 Å². The zero-order chi connectivity index (χ0) is 26.6. The monoisotopic (exact) mass is 515 g/mol. The quantitative estimate of drug-likeness (QED) is 0.275. The van der Waals surface area contributed by atoms with Crippen LogP contribution in [-0.4, -0.2) is 46.7 Å². The van der Waals surface area contributed by atoms with E-state index in [0.717, 1.165) is 34.7 Å². The molecule has 1 saturated heterocycles. The molecule has 1 aromatic heterocycles. The summed E-state index contributed by atoms with van der Waals surface area (Å²) in [6.07, 6.45) is 5.59. The Morgan fingerprint density at radius 2 is 1.92 bits per heavy atom. The lowest BCUT2D eigenvalue weighted by Gasteiger charge is -2.26. The van der Waals surface area contributed by atoms with Crippen LogP contribution in [0.3, 0.4) is 0 Å². The molecule has 1 aliphatic heterocycles. The standard InChI is InChI=1S/C29H33N5O2S/c1-19-15-22(25(30)36-28(31)29(3,32-4)13-12-21-9-6-5-7-10-21)17-23(16-19)27(35)34-14-8-11-24(34)26-33-20(2)18-37-26/h5-7,9-10,12-13,15-18,24,30-32H,8,11,14H2,1-4H3/b13-12+,30-25?,31-28?/t24-,29-/m1/s1. The third-order valence-electron chi connectivity index (χ3n) is 6.63. The van der Waals surface area contributed by atoms with Crippen LogP contribution in [0.25, 0.3) is 6.08 Å². The van der Waals surface area contributed by atoms with E-state index >= 15 is 0 Å². The second kappa shape index (κ2) is 11.2. The fourth-order valence-corrected chi connectivity index (χ4v) is 5.30. The maximum absolute atomic E-state index is 13.5. The molecule has 0 saturated carbocycles. The molecular weight excluding hydrogens is 482 g/mol. The Kier molecular flexibility index (Phi) is 8.00. The van der Waals surface area contributed by atoms with E-state index < -0.39 is 5.54 Å². The number of nitrogens with zero attached hydrogens (tertiary/aromatic N) is 2. The van der Waals surface area contributed by atoms with Crippen molar-refractivity contribution in [1.82, 2.24) is 15.2 Å². The minimum Gasteiger partial charge on any atom is -0.423 e. The lowest BCUT2D eigenvalue weighted by Crippen LogP contribution is -2.47. The van der Waals surface area contributed by atoms with E-state index in [2.05, 4.69) is 10.3 Å². The number of carbonyl (C=O) groups excluding carboxylic acids is 1. The van der Waals surface area contributed by atoms with Gasteiger partial charge in [0.15, 0.2) is 0 Å². The molecule has 1 aliphatic rings. The van der Waals surface area contributed by atoms with Gasteiger partial charge in [-0.3, -0.25) is 15.6 Å². The molecule has 0 unspecified atom stereocenters. The number of aryl methyl sites for hydroxylation is 2. The van der Waals surface area contributed by atoms with E-state index in [9.17, 15) is 4.79 Å². The van der Waals surface area contributed by atoms with Crippen molar-refractivity contribution < 1.29 is 9.53 Å². The average molecular weight is 516 g/mol. The third kappa shape index (κ3) is 6.03. The maximum atomic E-state index is 13.5. The smallest absolute Gasteiger partial charge is 0.254 e. The van der Waals surface area contributed by atoms with Gasteiger partial charge in [0.25, 0.3) is 5.91 Å². The predicted molar refractivity (Wildman–Crippen MR) is 150 cm³/mol.